The van der Waals surface area contributed by atoms with Crippen molar-refractivity contribution in [1.29, 1.82) is 0 Å². The Hall–Kier alpha value is -3.35. The summed E-state index contributed by atoms with van der Waals surface area (Å²) in [5.74, 6) is 0.945. The number of amides is 2. The molecule has 0 saturated heterocycles. The van der Waals surface area contributed by atoms with E-state index in [0.29, 0.717) is 17.8 Å². The van der Waals surface area contributed by atoms with Crippen LogP contribution in [0.3, 0.4) is 0 Å². The molecular weight excluding hydrogens is 372 g/mol. The van der Waals surface area contributed by atoms with Crippen LogP contribution in [0.25, 0.3) is 0 Å². The van der Waals surface area contributed by atoms with Gasteiger partial charge in [0.25, 0.3) is 0 Å². The summed E-state index contributed by atoms with van der Waals surface area (Å²) in [6.45, 7) is 5.15. The maximum atomic E-state index is 12.7. The van der Waals surface area contributed by atoms with Gasteiger partial charge in [0.1, 0.15) is 23.4 Å². The molecule has 2 amide bonds. The van der Waals surface area contributed by atoms with Gasteiger partial charge in [-0.05, 0) is 32.9 Å². The summed E-state index contributed by atoms with van der Waals surface area (Å²) >= 11 is 0. The molecule has 1 aliphatic rings. The highest BCUT2D eigenvalue weighted by atomic mass is 16.6. The lowest BCUT2D eigenvalue weighted by atomic mass is 9.94. The maximum absolute atomic E-state index is 12.7. The molecule has 2 N–H and O–H groups in total. The Bertz CT molecular complexity index is 874. The van der Waals surface area contributed by atoms with Gasteiger partial charge in [-0.2, -0.15) is 0 Å². The van der Waals surface area contributed by atoms with E-state index in [-0.39, 0.29) is 12.3 Å². The zero-order valence-electron chi connectivity index (χ0n) is 16.6. The number of ether oxygens (including phenoxy) is 2. The summed E-state index contributed by atoms with van der Waals surface area (Å²) < 4.78 is 11.0. The second-order valence-corrected chi connectivity index (χ2v) is 7.77. The predicted molar refractivity (Wildman–Crippen MR) is 107 cm³/mol. The zero-order valence-corrected chi connectivity index (χ0v) is 16.6. The molecule has 2 aromatic carbocycles. The van der Waals surface area contributed by atoms with Gasteiger partial charge in [0.15, 0.2) is 0 Å². The number of alkyl carbamates (subject to hydrolysis) is 1. The molecule has 7 nitrogen and oxygen atoms in total. The van der Waals surface area contributed by atoms with Crippen molar-refractivity contribution in [2.24, 2.45) is 0 Å². The molecule has 0 bridgehead atoms. The summed E-state index contributed by atoms with van der Waals surface area (Å²) in [5.41, 5.74) is 0.944. The Kier molecular flexibility index (Phi) is 5.87. The molecule has 0 fully saturated rings. The van der Waals surface area contributed by atoms with Crippen LogP contribution in [0, 0.1) is 0 Å². The van der Waals surface area contributed by atoms with Crippen molar-refractivity contribution >= 4 is 18.3 Å². The van der Waals surface area contributed by atoms with Crippen molar-refractivity contribution in [1.82, 2.24) is 10.6 Å². The van der Waals surface area contributed by atoms with Crippen LogP contribution in [0.4, 0.5) is 4.79 Å². The number of hydrogen-bond acceptors (Lipinski definition) is 5. The van der Waals surface area contributed by atoms with Gasteiger partial charge in [-0.1, -0.05) is 36.4 Å². The first-order valence-corrected chi connectivity index (χ1v) is 9.36. The monoisotopic (exact) mass is 396 g/mol. The van der Waals surface area contributed by atoms with Crippen molar-refractivity contribution in [3.05, 3.63) is 59.7 Å². The van der Waals surface area contributed by atoms with Crippen LogP contribution in [-0.4, -0.2) is 29.9 Å². The average molecular weight is 396 g/mol. The molecule has 29 heavy (non-hydrogen) atoms. The molecule has 1 aliphatic heterocycles. The summed E-state index contributed by atoms with van der Waals surface area (Å²) in [4.78, 5) is 35.9. The molecule has 1 atom stereocenters. The number of nitrogens with one attached hydrogen (secondary N) is 2. The van der Waals surface area contributed by atoms with Crippen molar-refractivity contribution < 1.29 is 23.9 Å². The second-order valence-electron chi connectivity index (χ2n) is 7.77. The highest BCUT2D eigenvalue weighted by molar-refractivity contribution is 5.83. The molecule has 152 valence electrons. The summed E-state index contributed by atoms with van der Waals surface area (Å²) in [7, 11) is 0. The van der Waals surface area contributed by atoms with Gasteiger partial charge >= 0.3 is 6.09 Å². The Balaban J connectivity index is 1.72. The van der Waals surface area contributed by atoms with Crippen LogP contribution in [0.5, 0.6) is 11.5 Å². The van der Waals surface area contributed by atoms with E-state index in [1.807, 2.05) is 48.5 Å². The van der Waals surface area contributed by atoms with Crippen molar-refractivity contribution in [2.75, 3.05) is 0 Å². The topological polar surface area (TPSA) is 93.7 Å². The number of benzene rings is 2. The molecule has 3 rings (SSSR count). The number of hydrogen-bond donors (Lipinski definition) is 2. The Morgan fingerprint density at radius 2 is 1.62 bits per heavy atom. The number of carbonyl (C=O) groups excluding carboxylic acids is 3. The van der Waals surface area contributed by atoms with E-state index in [0.717, 1.165) is 11.1 Å². The maximum Gasteiger partial charge on any atom is 0.408 e. The number of rotatable bonds is 5. The highest BCUT2D eigenvalue weighted by Crippen LogP contribution is 2.42. The van der Waals surface area contributed by atoms with E-state index >= 15 is 0 Å². The Labute approximate surface area is 169 Å². The van der Waals surface area contributed by atoms with Crippen molar-refractivity contribution in [2.45, 2.75) is 44.9 Å². The number of fused-ring (bicyclic) bond motifs is 2. The standard InChI is InChI=1S/C22H24N2O5/c1-22(2,3)29-21(27)23-14(13-25)12-19(26)24-20-15-8-4-6-10-17(15)28-18-11-7-5-9-16(18)20/h4-11,13-14,20H,12H2,1-3H3,(H,23,27)(H,24,26). The first kappa shape index (κ1) is 20.4. The average Bonchev–Trinajstić information content (AvgIpc) is 2.65. The first-order chi connectivity index (χ1) is 13.8. The fourth-order valence-electron chi connectivity index (χ4n) is 3.08. The fourth-order valence-corrected chi connectivity index (χ4v) is 3.08. The predicted octanol–water partition coefficient (Wildman–Crippen LogP) is 3.48. The third kappa shape index (κ3) is 5.13. The summed E-state index contributed by atoms with van der Waals surface area (Å²) in [6.07, 6.45) is -0.427. The highest BCUT2D eigenvalue weighted by Gasteiger charge is 2.29. The zero-order chi connectivity index (χ0) is 21.0. The minimum atomic E-state index is -0.991. The third-order valence-corrected chi connectivity index (χ3v) is 4.26. The molecule has 1 unspecified atom stereocenters. The van der Waals surface area contributed by atoms with E-state index in [9.17, 15) is 14.4 Å². The van der Waals surface area contributed by atoms with E-state index < -0.39 is 23.8 Å². The molecular formula is C22H24N2O5. The number of para-hydroxylation sites is 2. The quantitative estimate of drug-likeness (QED) is 0.755. The van der Waals surface area contributed by atoms with Crippen molar-refractivity contribution in [3.8, 4) is 11.5 Å². The Morgan fingerprint density at radius 1 is 1.07 bits per heavy atom. The molecule has 0 saturated carbocycles. The minimum absolute atomic E-state index is 0.204. The van der Waals surface area contributed by atoms with Crippen LogP contribution in [0.15, 0.2) is 48.5 Å². The van der Waals surface area contributed by atoms with Crippen LogP contribution in [0.1, 0.15) is 44.4 Å². The molecule has 1 heterocycles. The lowest BCUT2D eigenvalue weighted by Crippen LogP contribution is -2.43. The van der Waals surface area contributed by atoms with Crippen LogP contribution in [-0.2, 0) is 14.3 Å². The van der Waals surface area contributed by atoms with Crippen LogP contribution < -0.4 is 15.4 Å². The minimum Gasteiger partial charge on any atom is -0.457 e. The van der Waals surface area contributed by atoms with E-state index in [4.69, 9.17) is 9.47 Å². The van der Waals surface area contributed by atoms with Gasteiger partial charge in [-0.15, -0.1) is 0 Å². The number of carbonyl (C=O) groups is 3. The van der Waals surface area contributed by atoms with E-state index in [1.54, 1.807) is 20.8 Å². The number of aldehydes is 1. The normalized spacial score (nSPS) is 13.9. The molecule has 7 heteroatoms. The lowest BCUT2D eigenvalue weighted by Gasteiger charge is -2.29. The van der Waals surface area contributed by atoms with Crippen LogP contribution >= 0.6 is 0 Å². The van der Waals surface area contributed by atoms with Gasteiger partial charge in [0.2, 0.25) is 5.91 Å². The van der Waals surface area contributed by atoms with E-state index in [1.165, 1.54) is 0 Å². The van der Waals surface area contributed by atoms with Crippen molar-refractivity contribution in [3.63, 3.8) is 0 Å². The molecule has 0 radical (unpaired) electrons. The van der Waals surface area contributed by atoms with E-state index in [2.05, 4.69) is 10.6 Å². The summed E-state index contributed by atoms with van der Waals surface area (Å²) in [6, 6.07) is 13.5. The fraction of sp³-hybridized carbons (Fsp3) is 0.318. The lowest BCUT2D eigenvalue weighted by molar-refractivity contribution is -0.123. The molecule has 0 aromatic heterocycles. The van der Waals surface area contributed by atoms with Gasteiger partial charge in [0, 0.05) is 11.1 Å². The van der Waals surface area contributed by atoms with Gasteiger partial charge < -0.3 is 24.9 Å². The second kappa shape index (κ2) is 8.34. The summed E-state index contributed by atoms with van der Waals surface area (Å²) in [5, 5.41) is 5.36. The Morgan fingerprint density at radius 3 is 2.14 bits per heavy atom. The SMILES string of the molecule is CC(C)(C)OC(=O)NC(C=O)CC(=O)NC1c2ccccc2Oc2ccccc21. The molecule has 2 aromatic rings. The third-order valence-electron chi connectivity index (χ3n) is 4.26. The van der Waals surface area contributed by atoms with Crippen LogP contribution in [0.2, 0.25) is 0 Å². The molecule has 0 spiro atoms. The molecule has 0 aliphatic carbocycles. The smallest absolute Gasteiger partial charge is 0.408 e. The van der Waals surface area contributed by atoms with Gasteiger partial charge in [0.05, 0.1) is 18.5 Å². The largest absolute Gasteiger partial charge is 0.457 e. The van der Waals surface area contributed by atoms with Gasteiger partial charge in [-0.25, -0.2) is 4.79 Å². The first-order valence-electron chi connectivity index (χ1n) is 9.36. The van der Waals surface area contributed by atoms with Gasteiger partial charge in [-0.3, -0.25) is 4.79 Å².